The Morgan fingerprint density at radius 3 is 2.56 bits per heavy atom. The van der Waals surface area contributed by atoms with Crippen molar-refractivity contribution in [2.24, 2.45) is 5.92 Å². The zero-order valence-corrected chi connectivity index (χ0v) is 15.5. The summed E-state index contributed by atoms with van der Waals surface area (Å²) < 4.78 is 20.3. The summed E-state index contributed by atoms with van der Waals surface area (Å²) in [6.07, 6.45) is 2.30. The molecular formula is C17H25ClFN5O. The van der Waals surface area contributed by atoms with Gasteiger partial charge in [0.05, 0.1) is 19.2 Å². The van der Waals surface area contributed by atoms with Gasteiger partial charge in [-0.15, -0.1) is 17.5 Å². The van der Waals surface area contributed by atoms with Crippen LogP contribution in [0.4, 0.5) is 4.39 Å². The third-order valence-electron chi connectivity index (χ3n) is 4.68. The maximum absolute atomic E-state index is 13.4. The first-order chi connectivity index (χ1) is 11.7. The third-order valence-corrected chi connectivity index (χ3v) is 4.68. The number of benzene rings is 1. The molecule has 138 valence electrons. The van der Waals surface area contributed by atoms with Gasteiger partial charge in [-0.25, -0.2) is 9.07 Å². The van der Waals surface area contributed by atoms with Crippen LogP contribution in [-0.4, -0.2) is 51.9 Å². The van der Waals surface area contributed by atoms with Crippen molar-refractivity contribution >= 4 is 12.4 Å². The van der Waals surface area contributed by atoms with Crippen LogP contribution in [0.1, 0.15) is 37.2 Å². The van der Waals surface area contributed by atoms with Gasteiger partial charge in [0, 0.05) is 7.11 Å². The maximum atomic E-state index is 13.4. The lowest BCUT2D eigenvalue weighted by Crippen LogP contribution is -2.38. The Morgan fingerprint density at radius 2 is 1.92 bits per heavy atom. The monoisotopic (exact) mass is 369 g/mol. The quantitative estimate of drug-likeness (QED) is 0.783. The number of rotatable bonds is 6. The molecule has 0 saturated carbocycles. The number of likely N-dealkylation sites (tertiary alicyclic amines) is 1. The molecular weight excluding hydrogens is 345 g/mol. The summed E-state index contributed by atoms with van der Waals surface area (Å²) in [5.74, 6) is 1.29. The Balaban J connectivity index is 0.00000225. The van der Waals surface area contributed by atoms with Crippen LogP contribution in [0, 0.1) is 11.7 Å². The zero-order valence-electron chi connectivity index (χ0n) is 14.6. The normalized spacial score (nSPS) is 17.2. The highest BCUT2D eigenvalue weighted by atomic mass is 35.5. The number of tetrazole rings is 1. The number of hydrogen-bond acceptors (Lipinski definition) is 5. The minimum absolute atomic E-state index is 0. The molecule has 0 bridgehead atoms. The summed E-state index contributed by atoms with van der Waals surface area (Å²) in [5.41, 5.74) is 1.01. The molecule has 0 aliphatic carbocycles. The molecule has 6 nitrogen and oxygen atoms in total. The van der Waals surface area contributed by atoms with E-state index in [4.69, 9.17) is 4.74 Å². The van der Waals surface area contributed by atoms with Gasteiger partial charge < -0.3 is 4.74 Å². The molecule has 1 saturated heterocycles. The van der Waals surface area contributed by atoms with Crippen molar-refractivity contribution in [3.63, 3.8) is 0 Å². The van der Waals surface area contributed by atoms with E-state index in [1.165, 1.54) is 12.1 Å². The van der Waals surface area contributed by atoms with Gasteiger partial charge in [-0.05, 0) is 60.0 Å². The largest absolute Gasteiger partial charge is 0.383 e. The van der Waals surface area contributed by atoms with Gasteiger partial charge in [0.1, 0.15) is 5.82 Å². The number of hydrogen-bond donors (Lipinski definition) is 0. The highest BCUT2D eigenvalue weighted by Crippen LogP contribution is 2.31. The fourth-order valence-electron chi connectivity index (χ4n) is 3.20. The molecule has 1 aromatic carbocycles. The molecule has 0 N–H and O–H groups in total. The lowest BCUT2D eigenvalue weighted by molar-refractivity contribution is 0.144. The van der Waals surface area contributed by atoms with Gasteiger partial charge in [0.15, 0.2) is 5.82 Å². The van der Waals surface area contributed by atoms with Gasteiger partial charge >= 0.3 is 0 Å². The van der Waals surface area contributed by atoms with Crippen molar-refractivity contribution in [2.75, 3.05) is 26.8 Å². The first-order valence-corrected chi connectivity index (χ1v) is 8.43. The van der Waals surface area contributed by atoms with Crippen LogP contribution in [0.5, 0.6) is 0 Å². The summed E-state index contributed by atoms with van der Waals surface area (Å²) >= 11 is 0. The standard InChI is InChI=1S/C17H24FN5O.ClH/c1-13-7-9-22(10-8-13)16(14-3-5-15(18)6-4-14)17-19-20-21-23(17)11-12-24-2;/h3-6,13,16H,7-12H2,1-2H3;1H. The molecule has 1 aliphatic heterocycles. The molecule has 2 aromatic rings. The molecule has 8 heteroatoms. The van der Waals surface area contributed by atoms with Crippen molar-refractivity contribution < 1.29 is 9.13 Å². The fourth-order valence-corrected chi connectivity index (χ4v) is 3.20. The molecule has 1 fully saturated rings. The smallest absolute Gasteiger partial charge is 0.173 e. The van der Waals surface area contributed by atoms with Gasteiger partial charge in [-0.2, -0.15) is 0 Å². The predicted molar refractivity (Wildman–Crippen MR) is 95.2 cm³/mol. The lowest BCUT2D eigenvalue weighted by Gasteiger charge is -2.36. The molecule has 1 aromatic heterocycles. The maximum Gasteiger partial charge on any atom is 0.173 e. The van der Waals surface area contributed by atoms with E-state index in [-0.39, 0.29) is 24.3 Å². The summed E-state index contributed by atoms with van der Waals surface area (Å²) in [5, 5.41) is 12.2. The van der Waals surface area contributed by atoms with Crippen LogP contribution in [0.3, 0.4) is 0 Å². The van der Waals surface area contributed by atoms with Crippen LogP contribution in [0.15, 0.2) is 24.3 Å². The van der Waals surface area contributed by atoms with Crippen molar-refractivity contribution in [3.05, 3.63) is 41.5 Å². The molecule has 1 aliphatic rings. The topological polar surface area (TPSA) is 56.1 Å². The lowest BCUT2D eigenvalue weighted by atomic mass is 9.95. The fraction of sp³-hybridized carbons (Fsp3) is 0.588. The second kappa shape index (κ2) is 9.22. The molecule has 1 unspecified atom stereocenters. The summed E-state index contributed by atoms with van der Waals surface area (Å²) in [6.45, 7) is 5.40. The van der Waals surface area contributed by atoms with Crippen molar-refractivity contribution in [2.45, 2.75) is 32.4 Å². The van der Waals surface area contributed by atoms with E-state index < -0.39 is 0 Å². The van der Waals surface area contributed by atoms with Crippen LogP contribution < -0.4 is 0 Å². The Bertz CT molecular complexity index is 643. The Morgan fingerprint density at radius 1 is 1.24 bits per heavy atom. The van der Waals surface area contributed by atoms with Gasteiger partial charge in [0.25, 0.3) is 0 Å². The average Bonchev–Trinajstić information content (AvgIpc) is 3.05. The second-order valence-electron chi connectivity index (χ2n) is 6.43. The molecule has 2 heterocycles. The highest BCUT2D eigenvalue weighted by Gasteiger charge is 2.30. The minimum Gasteiger partial charge on any atom is -0.383 e. The number of nitrogens with zero attached hydrogens (tertiary/aromatic N) is 5. The zero-order chi connectivity index (χ0) is 16.9. The first kappa shape index (κ1) is 19.8. The Labute approximate surface area is 153 Å². The number of ether oxygens (including phenoxy) is 1. The van der Waals surface area contributed by atoms with Crippen LogP contribution in [0.2, 0.25) is 0 Å². The van der Waals surface area contributed by atoms with Crippen LogP contribution >= 0.6 is 12.4 Å². The van der Waals surface area contributed by atoms with E-state index in [1.807, 2.05) is 12.1 Å². The number of halogens is 2. The Hall–Kier alpha value is -1.57. The molecule has 0 amide bonds. The van der Waals surface area contributed by atoms with Crippen molar-refractivity contribution in [1.82, 2.24) is 25.1 Å². The van der Waals surface area contributed by atoms with E-state index in [1.54, 1.807) is 11.8 Å². The van der Waals surface area contributed by atoms with E-state index in [9.17, 15) is 4.39 Å². The number of piperidine rings is 1. The van der Waals surface area contributed by atoms with Gasteiger partial charge in [-0.3, -0.25) is 4.90 Å². The van der Waals surface area contributed by atoms with Crippen LogP contribution in [-0.2, 0) is 11.3 Å². The van der Waals surface area contributed by atoms with E-state index in [0.29, 0.717) is 13.2 Å². The van der Waals surface area contributed by atoms with Crippen LogP contribution in [0.25, 0.3) is 0 Å². The third kappa shape index (κ3) is 4.74. The molecule has 0 spiro atoms. The number of aromatic nitrogens is 4. The summed E-state index contributed by atoms with van der Waals surface area (Å²) in [4.78, 5) is 2.39. The molecule has 1 atom stereocenters. The highest BCUT2D eigenvalue weighted by molar-refractivity contribution is 5.85. The minimum atomic E-state index is -0.233. The van der Waals surface area contributed by atoms with E-state index in [2.05, 4.69) is 27.3 Å². The molecule has 25 heavy (non-hydrogen) atoms. The Kier molecular flexibility index (Phi) is 7.28. The molecule has 0 radical (unpaired) electrons. The number of methoxy groups -OCH3 is 1. The van der Waals surface area contributed by atoms with Gasteiger partial charge in [0.2, 0.25) is 0 Å². The SMILES string of the molecule is COCCn1nnnc1C(c1ccc(F)cc1)N1CCC(C)CC1.Cl. The summed E-state index contributed by atoms with van der Waals surface area (Å²) in [6, 6.07) is 6.59. The van der Waals surface area contributed by atoms with Crippen molar-refractivity contribution in [3.8, 4) is 0 Å². The van der Waals surface area contributed by atoms with Gasteiger partial charge in [-0.1, -0.05) is 19.1 Å². The van der Waals surface area contributed by atoms with E-state index in [0.717, 1.165) is 43.2 Å². The predicted octanol–water partition coefficient (Wildman–Crippen LogP) is 2.70. The second-order valence-corrected chi connectivity index (χ2v) is 6.43. The summed E-state index contributed by atoms with van der Waals surface area (Å²) in [7, 11) is 1.66. The average molecular weight is 370 g/mol. The van der Waals surface area contributed by atoms with E-state index >= 15 is 0 Å². The van der Waals surface area contributed by atoms with Crippen molar-refractivity contribution in [1.29, 1.82) is 0 Å². The molecule has 3 rings (SSSR count). The first-order valence-electron chi connectivity index (χ1n) is 8.43.